The monoisotopic (exact) mass is 544 g/mol. The van der Waals surface area contributed by atoms with Crippen LogP contribution in [0.2, 0.25) is 0 Å². The summed E-state index contributed by atoms with van der Waals surface area (Å²) in [5.74, 6) is -0.645. The average Bonchev–Trinajstić information content (AvgIpc) is 2.99. The highest BCUT2D eigenvalue weighted by Crippen LogP contribution is 2.27. The van der Waals surface area contributed by atoms with E-state index in [9.17, 15) is 24.0 Å². The standard InChI is InChI=1S/C25H44N4O9/c1-22(2,3)35-18(31)26-28(20(33)37-24(7,8)9)15-13-14-16(17(15)30)29(21(34)38-25(10,11)12)27-19(32)36-23(4,5)6/h15-16H,13-14H2,1-12H3,(H,26,31)(H,27,32). The summed E-state index contributed by atoms with van der Waals surface area (Å²) in [6.07, 6.45) is -3.87. The van der Waals surface area contributed by atoms with E-state index in [1.54, 1.807) is 83.1 Å². The van der Waals surface area contributed by atoms with E-state index in [2.05, 4.69) is 10.9 Å². The molecule has 1 rings (SSSR count). The van der Waals surface area contributed by atoms with Crippen molar-refractivity contribution in [3.8, 4) is 0 Å². The molecule has 0 spiro atoms. The number of nitrogens with zero attached hydrogens (tertiary/aromatic N) is 2. The van der Waals surface area contributed by atoms with E-state index < -0.39 is 64.6 Å². The lowest BCUT2D eigenvalue weighted by Crippen LogP contribution is -2.59. The van der Waals surface area contributed by atoms with Crippen LogP contribution in [0.1, 0.15) is 95.9 Å². The molecule has 0 heterocycles. The Morgan fingerprint density at radius 2 is 0.842 bits per heavy atom. The normalized spacial score (nSPS) is 18.3. The van der Waals surface area contributed by atoms with Gasteiger partial charge in [0.05, 0.1) is 0 Å². The average molecular weight is 545 g/mol. The van der Waals surface area contributed by atoms with Crippen molar-refractivity contribution < 1.29 is 42.9 Å². The van der Waals surface area contributed by atoms with Gasteiger partial charge in [0.25, 0.3) is 0 Å². The quantitative estimate of drug-likeness (QED) is 0.379. The predicted molar refractivity (Wildman–Crippen MR) is 137 cm³/mol. The molecule has 4 amide bonds. The minimum absolute atomic E-state index is 0.0356. The summed E-state index contributed by atoms with van der Waals surface area (Å²) in [7, 11) is 0. The number of carbonyl (C=O) groups excluding carboxylic acids is 5. The van der Waals surface area contributed by atoms with Crippen molar-refractivity contribution in [1.29, 1.82) is 0 Å². The molecule has 38 heavy (non-hydrogen) atoms. The third kappa shape index (κ3) is 11.4. The second-order valence-corrected chi connectivity index (χ2v) is 12.9. The molecule has 1 aliphatic rings. The van der Waals surface area contributed by atoms with Crippen molar-refractivity contribution in [3.63, 3.8) is 0 Å². The number of nitrogens with one attached hydrogen (secondary N) is 2. The fourth-order valence-electron chi connectivity index (χ4n) is 3.26. The number of ether oxygens (including phenoxy) is 4. The lowest BCUT2D eigenvalue weighted by atomic mass is 10.2. The van der Waals surface area contributed by atoms with Crippen LogP contribution in [0, 0.1) is 0 Å². The third-order valence-electron chi connectivity index (χ3n) is 4.40. The molecule has 2 N–H and O–H groups in total. The molecular weight excluding hydrogens is 500 g/mol. The van der Waals surface area contributed by atoms with Gasteiger partial charge in [0.15, 0.2) is 5.78 Å². The van der Waals surface area contributed by atoms with Gasteiger partial charge >= 0.3 is 24.4 Å². The number of hydrogen-bond donors (Lipinski definition) is 2. The first-order valence-corrected chi connectivity index (χ1v) is 12.5. The molecule has 13 nitrogen and oxygen atoms in total. The van der Waals surface area contributed by atoms with E-state index in [1.807, 2.05) is 0 Å². The van der Waals surface area contributed by atoms with Gasteiger partial charge in [0, 0.05) is 0 Å². The second-order valence-electron chi connectivity index (χ2n) is 12.9. The van der Waals surface area contributed by atoms with Crippen LogP contribution in [0.5, 0.6) is 0 Å². The van der Waals surface area contributed by atoms with Crippen molar-refractivity contribution in [2.24, 2.45) is 0 Å². The van der Waals surface area contributed by atoms with Crippen LogP contribution < -0.4 is 10.9 Å². The van der Waals surface area contributed by atoms with Crippen molar-refractivity contribution in [1.82, 2.24) is 20.9 Å². The fraction of sp³-hybridized carbons (Fsp3) is 0.800. The number of amides is 4. The van der Waals surface area contributed by atoms with Crippen molar-refractivity contribution in [2.75, 3.05) is 0 Å². The molecule has 0 aromatic heterocycles. The minimum atomic E-state index is -1.23. The summed E-state index contributed by atoms with van der Waals surface area (Å²) in [4.78, 5) is 64.6. The van der Waals surface area contributed by atoms with Gasteiger partial charge in [-0.15, -0.1) is 0 Å². The molecule has 13 heteroatoms. The first-order valence-electron chi connectivity index (χ1n) is 12.5. The Labute approximate surface area is 224 Å². The molecule has 0 aliphatic heterocycles. The molecule has 0 radical (unpaired) electrons. The molecule has 0 aromatic carbocycles. The number of ketones is 1. The molecular formula is C25H44N4O9. The zero-order chi connectivity index (χ0) is 29.9. The van der Waals surface area contributed by atoms with Crippen LogP contribution in [0.15, 0.2) is 0 Å². The number of carbonyl (C=O) groups is 5. The number of rotatable bonds is 2. The lowest BCUT2D eigenvalue weighted by molar-refractivity contribution is -0.128. The van der Waals surface area contributed by atoms with Gasteiger partial charge < -0.3 is 18.9 Å². The highest BCUT2D eigenvalue weighted by molar-refractivity contribution is 5.96. The van der Waals surface area contributed by atoms with Gasteiger partial charge in [0.2, 0.25) is 0 Å². The van der Waals surface area contributed by atoms with Gasteiger partial charge in [-0.05, 0) is 95.9 Å². The number of hydrogen-bond acceptors (Lipinski definition) is 9. The predicted octanol–water partition coefficient (Wildman–Crippen LogP) is 4.44. The molecule has 2 atom stereocenters. The van der Waals surface area contributed by atoms with E-state index in [0.717, 1.165) is 10.0 Å². The molecule has 0 saturated heterocycles. The SMILES string of the molecule is CC(C)(C)OC(=O)NN(C(=O)OC(C)(C)C)C1CCC(N(NC(=O)OC(C)(C)C)C(=O)OC(C)(C)C)C1=O. The summed E-state index contributed by atoms with van der Waals surface area (Å²) in [5.41, 5.74) is 0.962. The Kier molecular flexibility index (Phi) is 10.0. The highest BCUT2D eigenvalue weighted by atomic mass is 16.6. The maximum atomic E-state index is 13.6. The summed E-state index contributed by atoms with van der Waals surface area (Å²) >= 11 is 0. The van der Waals surface area contributed by atoms with E-state index in [-0.39, 0.29) is 12.8 Å². The van der Waals surface area contributed by atoms with Crippen LogP contribution in [0.4, 0.5) is 19.2 Å². The topological polar surface area (TPSA) is 153 Å². The number of hydrazine groups is 2. The Morgan fingerprint density at radius 3 is 1.08 bits per heavy atom. The summed E-state index contributed by atoms with van der Waals surface area (Å²) in [5, 5.41) is 1.50. The molecule has 0 bridgehead atoms. The highest BCUT2D eigenvalue weighted by Gasteiger charge is 2.48. The van der Waals surface area contributed by atoms with E-state index in [4.69, 9.17) is 18.9 Å². The summed E-state index contributed by atoms with van der Waals surface area (Å²) < 4.78 is 21.3. The van der Waals surface area contributed by atoms with Gasteiger partial charge in [-0.3, -0.25) is 4.79 Å². The first-order chi connectivity index (χ1) is 16.9. The smallest absolute Gasteiger partial charge is 0.429 e. The first kappa shape index (κ1) is 32.8. The van der Waals surface area contributed by atoms with Crippen LogP contribution in [0.25, 0.3) is 0 Å². The molecule has 1 aliphatic carbocycles. The van der Waals surface area contributed by atoms with Crippen LogP contribution in [-0.2, 0) is 23.7 Å². The Balaban J connectivity index is 3.31. The van der Waals surface area contributed by atoms with Crippen molar-refractivity contribution in [3.05, 3.63) is 0 Å². The van der Waals surface area contributed by atoms with Crippen LogP contribution in [0.3, 0.4) is 0 Å². The van der Waals surface area contributed by atoms with Gasteiger partial charge in [-0.25, -0.2) is 40.0 Å². The van der Waals surface area contributed by atoms with E-state index in [0.29, 0.717) is 0 Å². The third-order valence-corrected chi connectivity index (χ3v) is 4.40. The Bertz CT molecular complexity index is 836. The maximum absolute atomic E-state index is 13.6. The minimum Gasteiger partial charge on any atom is -0.443 e. The molecule has 0 aromatic rings. The maximum Gasteiger partial charge on any atom is 0.429 e. The molecule has 1 saturated carbocycles. The number of Topliss-reactive ketones (excluding diaryl/α,β-unsaturated/α-hetero) is 1. The van der Waals surface area contributed by atoms with Gasteiger partial charge in [-0.2, -0.15) is 0 Å². The Hall–Kier alpha value is -3.25. The van der Waals surface area contributed by atoms with Gasteiger partial charge in [0.1, 0.15) is 34.5 Å². The molecule has 218 valence electrons. The van der Waals surface area contributed by atoms with Crippen molar-refractivity contribution in [2.45, 2.75) is 130 Å². The molecule has 2 unspecified atom stereocenters. The van der Waals surface area contributed by atoms with Crippen LogP contribution >= 0.6 is 0 Å². The summed E-state index contributed by atoms with van der Waals surface area (Å²) in [6.45, 7) is 19.6. The second kappa shape index (κ2) is 11.6. The Morgan fingerprint density at radius 1 is 0.579 bits per heavy atom. The van der Waals surface area contributed by atoms with E-state index >= 15 is 0 Å². The van der Waals surface area contributed by atoms with Crippen molar-refractivity contribution >= 4 is 30.2 Å². The lowest BCUT2D eigenvalue weighted by Gasteiger charge is -2.33. The zero-order valence-electron chi connectivity index (χ0n) is 24.6. The zero-order valence-corrected chi connectivity index (χ0v) is 24.6. The largest absolute Gasteiger partial charge is 0.443 e. The van der Waals surface area contributed by atoms with Crippen LogP contribution in [-0.4, -0.2) is 74.7 Å². The van der Waals surface area contributed by atoms with E-state index in [1.165, 1.54) is 0 Å². The van der Waals surface area contributed by atoms with Gasteiger partial charge in [-0.1, -0.05) is 0 Å². The fourth-order valence-corrected chi connectivity index (χ4v) is 3.26. The summed E-state index contributed by atoms with van der Waals surface area (Å²) in [6, 6.07) is -2.46. The molecule has 1 fully saturated rings.